The number of carboxylic acid groups (broad SMARTS) is 1. The summed E-state index contributed by atoms with van der Waals surface area (Å²) >= 11 is 1.48. The van der Waals surface area contributed by atoms with E-state index in [0.717, 1.165) is 4.88 Å². The van der Waals surface area contributed by atoms with Crippen LogP contribution in [0.25, 0.3) is 0 Å². The van der Waals surface area contributed by atoms with E-state index in [0.29, 0.717) is 5.56 Å². The van der Waals surface area contributed by atoms with E-state index in [4.69, 9.17) is 5.11 Å². The first-order chi connectivity index (χ1) is 9.88. The van der Waals surface area contributed by atoms with Crippen molar-refractivity contribution in [2.75, 3.05) is 0 Å². The fourth-order valence-electron chi connectivity index (χ4n) is 1.86. The maximum atomic E-state index is 12.2. The van der Waals surface area contributed by atoms with E-state index >= 15 is 0 Å². The first kappa shape index (κ1) is 15.7. The Morgan fingerprint density at radius 1 is 1.29 bits per heavy atom. The van der Waals surface area contributed by atoms with Gasteiger partial charge in [0.25, 0.3) is 0 Å². The van der Waals surface area contributed by atoms with Crippen LogP contribution in [-0.2, 0) is 21.2 Å². The third-order valence-corrected chi connectivity index (χ3v) is 5.50. The first-order valence-electron chi connectivity index (χ1n) is 6.25. The average Bonchev–Trinajstić information content (AvgIpc) is 2.92. The molecule has 0 fully saturated rings. The highest BCUT2D eigenvalue weighted by molar-refractivity contribution is 7.89. The van der Waals surface area contributed by atoms with Gasteiger partial charge in [-0.1, -0.05) is 18.2 Å². The van der Waals surface area contributed by atoms with Gasteiger partial charge in [0.05, 0.1) is 17.4 Å². The van der Waals surface area contributed by atoms with Gasteiger partial charge in [-0.05, 0) is 36.1 Å². The first-order valence-corrected chi connectivity index (χ1v) is 8.61. The van der Waals surface area contributed by atoms with Crippen molar-refractivity contribution in [1.82, 2.24) is 4.72 Å². The molecule has 0 radical (unpaired) electrons. The lowest BCUT2D eigenvalue weighted by molar-refractivity contribution is -0.136. The van der Waals surface area contributed by atoms with E-state index in [1.807, 2.05) is 17.5 Å². The van der Waals surface area contributed by atoms with Crippen molar-refractivity contribution in [3.8, 4) is 0 Å². The van der Waals surface area contributed by atoms with Crippen LogP contribution >= 0.6 is 11.3 Å². The Hall–Kier alpha value is -1.70. The van der Waals surface area contributed by atoms with Gasteiger partial charge in [0.1, 0.15) is 0 Å². The molecule has 2 N–H and O–H groups in total. The molecule has 0 aliphatic rings. The number of benzene rings is 1. The molecule has 0 saturated carbocycles. The zero-order valence-corrected chi connectivity index (χ0v) is 12.9. The summed E-state index contributed by atoms with van der Waals surface area (Å²) < 4.78 is 27.1. The van der Waals surface area contributed by atoms with E-state index in [1.165, 1.54) is 35.6 Å². The third kappa shape index (κ3) is 4.13. The number of sulfonamides is 1. The second kappa shape index (κ2) is 6.38. The summed E-state index contributed by atoms with van der Waals surface area (Å²) in [4.78, 5) is 11.7. The lowest BCUT2D eigenvalue weighted by Crippen LogP contribution is -2.26. The van der Waals surface area contributed by atoms with Gasteiger partial charge in [0.2, 0.25) is 10.0 Å². The summed E-state index contributed by atoms with van der Waals surface area (Å²) in [6.45, 7) is 1.78. The van der Waals surface area contributed by atoms with E-state index < -0.39 is 16.0 Å². The molecule has 0 bridgehead atoms. The number of rotatable bonds is 6. The SMILES string of the molecule is C[C@@H](NS(=O)(=O)c1ccc(CC(=O)O)cc1)c1cccs1. The van der Waals surface area contributed by atoms with E-state index in [-0.39, 0.29) is 17.4 Å². The Morgan fingerprint density at radius 2 is 1.95 bits per heavy atom. The van der Waals surface area contributed by atoms with Gasteiger partial charge in [0, 0.05) is 4.88 Å². The Labute approximate surface area is 127 Å². The maximum Gasteiger partial charge on any atom is 0.307 e. The number of nitrogens with one attached hydrogen (secondary N) is 1. The molecule has 1 atom stereocenters. The minimum Gasteiger partial charge on any atom is -0.481 e. The standard InChI is InChI=1S/C14H15NO4S2/c1-10(13-3-2-8-20-13)15-21(18,19)12-6-4-11(5-7-12)9-14(16)17/h2-8,10,15H,9H2,1H3,(H,16,17)/t10-/m1/s1. The lowest BCUT2D eigenvalue weighted by Gasteiger charge is -2.13. The molecule has 1 aromatic carbocycles. The van der Waals surface area contributed by atoms with Gasteiger partial charge in [-0.15, -0.1) is 11.3 Å². The lowest BCUT2D eigenvalue weighted by atomic mass is 10.2. The monoisotopic (exact) mass is 325 g/mol. The van der Waals surface area contributed by atoms with Gasteiger partial charge in [-0.2, -0.15) is 0 Å². The number of carbonyl (C=O) groups is 1. The van der Waals surface area contributed by atoms with Crippen LogP contribution in [0.1, 0.15) is 23.4 Å². The Bertz CT molecular complexity index is 706. The zero-order valence-electron chi connectivity index (χ0n) is 11.3. The fraction of sp³-hybridized carbons (Fsp3) is 0.214. The Balaban J connectivity index is 2.14. The van der Waals surface area contributed by atoms with Crippen LogP contribution in [0.5, 0.6) is 0 Å². The van der Waals surface area contributed by atoms with Crippen LogP contribution < -0.4 is 4.72 Å². The predicted molar refractivity (Wildman–Crippen MR) is 80.8 cm³/mol. The van der Waals surface area contributed by atoms with Gasteiger partial charge in [0.15, 0.2) is 0 Å². The fourth-order valence-corrected chi connectivity index (χ4v) is 3.89. The highest BCUT2D eigenvalue weighted by Gasteiger charge is 2.18. The van der Waals surface area contributed by atoms with Crippen LogP contribution in [-0.4, -0.2) is 19.5 Å². The smallest absolute Gasteiger partial charge is 0.307 e. The number of hydrogen-bond donors (Lipinski definition) is 2. The van der Waals surface area contributed by atoms with Gasteiger partial charge >= 0.3 is 5.97 Å². The van der Waals surface area contributed by atoms with Crippen molar-refractivity contribution in [2.45, 2.75) is 24.3 Å². The molecule has 7 heteroatoms. The summed E-state index contributed by atoms with van der Waals surface area (Å²) in [6, 6.07) is 9.29. The van der Waals surface area contributed by atoms with Crippen LogP contribution in [0.3, 0.4) is 0 Å². The molecule has 0 aliphatic heterocycles. The molecule has 0 aliphatic carbocycles. The van der Waals surface area contributed by atoms with Crippen LogP contribution in [0.15, 0.2) is 46.7 Å². The zero-order chi connectivity index (χ0) is 15.5. The highest BCUT2D eigenvalue weighted by Crippen LogP contribution is 2.21. The molecule has 5 nitrogen and oxygen atoms in total. The topological polar surface area (TPSA) is 83.5 Å². The summed E-state index contributed by atoms with van der Waals surface area (Å²) in [7, 11) is -3.62. The molecule has 0 amide bonds. The number of thiophene rings is 1. The molecule has 112 valence electrons. The van der Waals surface area contributed by atoms with E-state index in [2.05, 4.69) is 4.72 Å². The quantitative estimate of drug-likeness (QED) is 0.854. The van der Waals surface area contributed by atoms with Crippen LogP contribution in [0.4, 0.5) is 0 Å². The predicted octanol–water partition coefficient (Wildman–Crippen LogP) is 2.41. The molecule has 2 aromatic rings. The minimum absolute atomic E-state index is 0.125. The van der Waals surface area contributed by atoms with Gasteiger partial charge < -0.3 is 5.11 Å². The third-order valence-electron chi connectivity index (χ3n) is 2.89. The average molecular weight is 325 g/mol. The normalized spacial score (nSPS) is 13.0. The minimum atomic E-state index is -3.62. The molecule has 2 rings (SSSR count). The van der Waals surface area contributed by atoms with E-state index in [9.17, 15) is 13.2 Å². The second-order valence-electron chi connectivity index (χ2n) is 4.57. The maximum absolute atomic E-state index is 12.2. The second-order valence-corrected chi connectivity index (χ2v) is 7.27. The van der Waals surface area contributed by atoms with Crippen LogP contribution in [0, 0.1) is 0 Å². The Morgan fingerprint density at radius 3 is 2.48 bits per heavy atom. The summed E-state index contributed by atoms with van der Waals surface area (Å²) in [5.41, 5.74) is 0.563. The van der Waals surface area contributed by atoms with Gasteiger partial charge in [-0.3, -0.25) is 4.79 Å². The highest BCUT2D eigenvalue weighted by atomic mass is 32.2. The van der Waals surface area contributed by atoms with Crippen LogP contribution in [0.2, 0.25) is 0 Å². The molecule has 1 aromatic heterocycles. The molecule has 21 heavy (non-hydrogen) atoms. The van der Waals surface area contributed by atoms with Crippen molar-refractivity contribution in [1.29, 1.82) is 0 Å². The largest absolute Gasteiger partial charge is 0.481 e. The molecular formula is C14H15NO4S2. The number of carboxylic acids is 1. The molecule has 0 saturated heterocycles. The van der Waals surface area contributed by atoms with Crippen molar-refractivity contribution >= 4 is 27.3 Å². The van der Waals surface area contributed by atoms with Crippen molar-refractivity contribution in [3.05, 3.63) is 52.2 Å². The van der Waals surface area contributed by atoms with Gasteiger partial charge in [-0.25, -0.2) is 13.1 Å². The van der Waals surface area contributed by atoms with Crippen molar-refractivity contribution in [2.24, 2.45) is 0 Å². The summed E-state index contributed by atoms with van der Waals surface area (Å²) in [5.74, 6) is -0.949. The number of aliphatic carboxylic acids is 1. The Kier molecular flexibility index (Phi) is 4.76. The van der Waals surface area contributed by atoms with Crippen molar-refractivity contribution in [3.63, 3.8) is 0 Å². The summed E-state index contributed by atoms with van der Waals surface area (Å²) in [5, 5.41) is 10.6. The van der Waals surface area contributed by atoms with E-state index in [1.54, 1.807) is 6.92 Å². The molecule has 1 heterocycles. The molecule has 0 unspecified atom stereocenters. The van der Waals surface area contributed by atoms with Crippen molar-refractivity contribution < 1.29 is 18.3 Å². The molecular weight excluding hydrogens is 310 g/mol. The molecule has 0 spiro atoms. The summed E-state index contributed by atoms with van der Waals surface area (Å²) in [6.07, 6.45) is -0.126. The number of hydrogen-bond acceptors (Lipinski definition) is 4.